The number of hydrogen-bond donors (Lipinski definition) is 0. The van der Waals surface area contributed by atoms with E-state index in [-0.39, 0.29) is 0 Å². The molecule has 0 spiro atoms. The zero-order chi connectivity index (χ0) is 38.0. The Morgan fingerprint density at radius 1 is 0.211 bits per heavy atom. The summed E-state index contributed by atoms with van der Waals surface area (Å²) in [6, 6.07) is 85.7. The molecular formula is C56H39N. The Balaban J connectivity index is 1.11. The number of nitrogens with zero attached hydrogens (tertiary/aromatic N) is 1. The Kier molecular flexibility index (Phi) is 8.95. The molecule has 10 rings (SSSR count). The second-order valence-electron chi connectivity index (χ2n) is 14.6. The minimum Gasteiger partial charge on any atom is -0.310 e. The number of fused-ring (bicyclic) bond motifs is 2. The number of benzene rings is 10. The highest BCUT2D eigenvalue weighted by Gasteiger charge is 2.17. The summed E-state index contributed by atoms with van der Waals surface area (Å²) in [4.78, 5) is 2.39. The van der Waals surface area contributed by atoms with Crippen molar-refractivity contribution in [3.63, 3.8) is 0 Å². The summed E-state index contributed by atoms with van der Waals surface area (Å²) in [5, 5.41) is 4.97. The van der Waals surface area contributed by atoms with Crippen molar-refractivity contribution in [1.29, 1.82) is 0 Å². The van der Waals surface area contributed by atoms with E-state index in [1.165, 1.54) is 77.2 Å². The summed E-state index contributed by atoms with van der Waals surface area (Å²) < 4.78 is 0. The lowest BCUT2D eigenvalue weighted by Crippen LogP contribution is -2.10. The Labute approximate surface area is 334 Å². The van der Waals surface area contributed by atoms with Crippen LogP contribution in [0, 0.1) is 0 Å². The first-order chi connectivity index (χ1) is 28.2. The first-order valence-corrected chi connectivity index (χ1v) is 19.6. The van der Waals surface area contributed by atoms with Crippen LogP contribution in [0.15, 0.2) is 237 Å². The van der Waals surface area contributed by atoms with Gasteiger partial charge in [-0.1, -0.05) is 182 Å². The van der Waals surface area contributed by atoms with Gasteiger partial charge < -0.3 is 4.90 Å². The second kappa shape index (κ2) is 15.0. The van der Waals surface area contributed by atoms with E-state index < -0.39 is 0 Å². The summed E-state index contributed by atoms with van der Waals surface area (Å²) in [7, 11) is 0. The molecule has 0 aliphatic heterocycles. The maximum atomic E-state index is 2.39. The van der Waals surface area contributed by atoms with Crippen LogP contribution in [0.4, 0.5) is 17.1 Å². The average Bonchev–Trinajstić information content (AvgIpc) is 3.29. The van der Waals surface area contributed by atoms with Gasteiger partial charge in [0.15, 0.2) is 0 Å². The van der Waals surface area contributed by atoms with Crippen molar-refractivity contribution in [2.45, 2.75) is 0 Å². The van der Waals surface area contributed by atoms with E-state index in [1.807, 2.05) is 0 Å². The van der Waals surface area contributed by atoms with Gasteiger partial charge in [-0.2, -0.15) is 0 Å². The monoisotopic (exact) mass is 725 g/mol. The van der Waals surface area contributed by atoms with E-state index in [9.17, 15) is 0 Å². The summed E-state index contributed by atoms with van der Waals surface area (Å²) >= 11 is 0. The van der Waals surface area contributed by atoms with Gasteiger partial charge in [0.25, 0.3) is 0 Å². The smallest absolute Gasteiger partial charge is 0.0467 e. The molecule has 0 N–H and O–H groups in total. The molecule has 10 aromatic rings. The average molecular weight is 726 g/mol. The van der Waals surface area contributed by atoms with Crippen molar-refractivity contribution in [3.8, 4) is 55.6 Å². The van der Waals surface area contributed by atoms with Crippen LogP contribution in [0.3, 0.4) is 0 Å². The Morgan fingerprint density at radius 3 is 1.05 bits per heavy atom. The van der Waals surface area contributed by atoms with Gasteiger partial charge >= 0.3 is 0 Å². The molecule has 0 radical (unpaired) electrons. The molecule has 0 aliphatic rings. The van der Waals surface area contributed by atoms with Crippen molar-refractivity contribution >= 4 is 38.6 Å². The fourth-order valence-corrected chi connectivity index (χ4v) is 8.22. The molecular weight excluding hydrogens is 687 g/mol. The van der Waals surface area contributed by atoms with Crippen LogP contribution in [0.2, 0.25) is 0 Å². The van der Waals surface area contributed by atoms with Gasteiger partial charge in [-0.3, -0.25) is 0 Å². The van der Waals surface area contributed by atoms with Crippen molar-refractivity contribution in [2.75, 3.05) is 4.90 Å². The molecule has 0 aliphatic carbocycles. The van der Waals surface area contributed by atoms with E-state index in [0.29, 0.717) is 0 Å². The molecule has 1 nitrogen and oxygen atoms in total. The Hall–Kier alpha value is -7.48. The minimum atomic E-state index is 1.09. The van der Waals surface area contributed by atoms with Crippen LogP contribution in [0.5, 0.6) is 0 Å². The minimum absolute atomic E-state index is 1.09. The molecule has 0 bridgehead atoms. The third kappa shape index (κ3) is 6.77. The maximum absolute atomic E-state index is 2.39. The lowest BCUT2D eigenvalue weighted by atomic mass is 9.93. The lowest BCUT2D eigenvalue weighted by Gasteiger charge is -2.27. The lowest BCUT2D eigenvalue weighted by molar-refractivity contribution is 1.28. The molecule has 0 unspecified atom stereocenters. The van der Waals surface area contributed by atoms with Crippen LogP contribution in [0.25, 0.3) is 77.2 Å². The highest BCUT2D eigenvalue weighted by Crippen LogP contribution is 2.41. The van der Waals surface area contributed by atoms with Gasteiger partial charge in [-0.15, -0.1) is 0 Å². The summed E-state index contributed by atoms with van der Waals surface area (Å²) in [5.41, 5.74) is 15.3. The van der Waals surface area contributed by atoms with Crippen LogP contribution in [-0.2, 0) is 0 Å². The SMILES string of the molecule is c1ccc(-c2cc(-c3ccccc3)cc(-c3ccc(N(c4cccc(-c5cccc6ccccc56)c4)c4cccc(-c5cccc6ccccc56)c4)cc3)c2)cc1. The Morgan fingerprint density at radius 2 is 0.579 bits per heavy atom. The van der Waals surface area contributed by atoms with E-state index in [4.69, 9.17) is 0 Å². The predicted molar refractivity (Wildman–Crippen MR) is 243 cm³/mol. The fourth-order valence-electron chi connectivity index (χ4n) is 8.22. The number of hydrogen-bond acceptors (Lipinski definition) is 1. The van der Waals surface area contributed by atoms with Gasteiger partial charge in [-0.05, 0) is 132 Å². The molecule has 0 amide bonds. The molecule has 0 aromatic heterocycles. The first-order valence-electron chi connectivity index (χ1n) is 19.6. The topological polar surface area (TPSA) is 3.24 Å². The van der Waals surface area contributed by atoms with Gasteiger partial charge in [0.1, 0.15) is 0 Å². The molecule has 0 saturated heterocycles. The van der Waals surface area contributed by atoms with E-state index in [2.05, 4.69) is 241 Å². The highest BCUT2D eigenvalue weighted by molar-refractivity contribution is 5.99. The number of anilines is 3. The predicted octanol–water partition coefficient (Wildman–Crippen LogP) is 15.8. The highest BCUT2D eigenvalue weighted by atomic mass is 15.1. The van der Waals surface area contributed by atoms with Gasteiger partial charge in [0, 0.05) is 17.1 Å². The zero-order valence-corrected chi connectivity index (χ0v) is 31.5. The van der Waals surface area contributed by atoms with Crippen LogP contribution in [0.1, 0.15) is 0 Å². The molecule has 10 aromatic carbocycles. The normalized spacial score (nSPS) is 11.2. The molecule has 268 valence electrons. The summed E-state index contributed by atoms with van der Waals surface area (Å²) in [6.45, 7) is 0. The molecule has 1 heteroatoms. The quantitative estimate of drug-likeness (QED) is 0.151. The van der Waals surface area contributed by atoms with Crippen LogP contribution < -0.4 is 4.90 Å². The molecule has 0 saturated carbocycles. The van der Waals surface area contributed by atoms with Crippen molar-refractivity contribution in [3.05, 3.63) is 237 Å². The Bertz CT molecular complexity index is 2810. The van der Waals surface area contributed by atoms with Gasteiger partial charge in [0.2, 0.25) is 0 Å². The van der Waals surface area contributed by atoms with Crippen LogP contribution >= 0.6 is 0 Å². The maximum Gasteiger partial charge on any atom is 0.0467 e. The number of rotatable bonds is 8. The van der Waals surface area contributed by atoms with Crippen LogP contribution in [-0.4, -0.2) is 0 Å². The molecule has 0 fully saturated rings. The zero-order valence-electron chi connectivity index (χ0n) is 31.5. The molecule has 0 heterocycles. The summed E-state index contributed by atoms with van der Waals surface area (Å²) in [6.07, 6.45) is 0. The van der Waals surface area contributed by atoms with Crippen molar-refractivity contribution in [1.82, 2.24) is 0 Å². The first kappa shape index (κ1) is 34.0. The van der Waals surface area contributed by atoms with Gasteiger partial charge in [0.05, 0.1) is 0 Å². The van der Waals surface area contributed by atoms with E-state index in [1.54, 1.807) is 0 Å². The largest absolute Gasteiger partial charge is 0.310 e. The van der Waals surface area contributed by atoms with Crippen molar-refractivity contribution in [2.24, 2.45) is 0 Å². The van der Waals surface area contributed by atoms with E-state index in [0.717, 1.165) is 17.1 Å². The second-order valence-corrected chi connectivity index (χ2v) is 14.6. The standard InChI is InChI=1S/C56H39N/c1-3-15-40(16-4-1)47-35-48(41-17-5-2-6-18-41)37-49(36-47)42-31-33-50(34-32-42)57(51-25-11-23-45(38-51)55-29-13-21-43-19-7-9-27-53(43)55)52-26-12-24-46(39-52)56-30-14-22-44-20-8-10-28-54(44)56/h1-39H. The van der Waals surface area contributed by atoms with E-state index >= 15 is 0 Å². The molecule has 0 atom stereocenters. The fraction of sp³-hybridized carbons (Fsp3) is 0. The van der Waals surface area contributed by atoms with Gasteiger partial charge in [-0.25, -0.2) is 0 Å². The summed E-state index contributed by atoms with van der Waals surface area (Å²) in [5.74, 6) is 0. The third-order valence-electron chi connectivity index (χ3n) is 11.0. The van der Waals surface area contributed by atoms with Crippen molar-refractivity contribution < 1.29 is 0 Å². The third-order valence-corrected chi connectivity index (χ3v) is 11.0. The molecule has 57 heavy (non-hydrogen) atoms.